The molecule has 0 aliphatic rings. The fourth-order valence-corrected chi connectivity index (χ4v) is 0.300. The van der Waals surface area contributed by atoms with Crippen molar-refractivity contribution in [2.45, 2.75) is 6.92 Å². The van der Waals surface area contributed by atoms with Crippen LogP contribution in [0.15, 0.2) is 0 Å². The van der Waals surface area contributed by atoms with Gasteiger partial charge >= 0.3 is 0 Å². The topological polar surface area (TPSA) is 51.7 Å². The molecule has 0 aromatic rings. The lowest BCUT2D eigenvalue weighted by atomic mass is 10.5. The van der Waals surface area contributed by atoms with Crippen molar-refractivity contribution in [3.63, 3.8) is 0 Å². The lowest BCUT2D eigenvalue weighted by molar-refractivity contribution is -0.870. The predicted octanol–water partition coefficient (Wildman–Crippen LogP) is -0.427. The zero-order chi connectivity index (χ0) is 11.1. The molecule has 0 bridgehead atoms. The molecule has 14 heavy (non-hydrogen) atoms. The minimum atomic E-state index is 0. The van der Waals surface area contributed by atoms with Gasteiger partial charge in [0.1, 0.15) is 6.54 Å². The van der Waals surface area contributed by atoms with Gasteiger partial charge in [-0.3, -0.25) is 0 Å². The van der Waals surface area contributed by atoms with E-state index in [0.717, 1.165) is 15.5 Å². The van der Waals surface area contributed by atoms with Crippen LogP contribution in [0.25, 0.3) is 0 Å². The van der Waals surface area contributed by atoms with Gasteiger partial charge in [0.15, 0.2) is 0 Å². The van der Waals surface area contributed by atoms with Gasteiger partial charge in [-0.15, -0.1) is 0 Å². The zero-order valence-electron chi connectivity index (χ0n) is 11.0. The van der Waals surface area contributed by atoms with E-state index in [0.29, 0.717) is 0 Å². The van der Waals surface area contributed by atoms with Crippen LogP contribution in [0.4, 0.5) is 0 Å². The van der Waals surface area contributed by atoms with Crippen LogP contribution >= 0.6 is 0 Å². The van der Waals surface area contributed by atoms with Crippen LogP contribution < -0.4 is 0 Å². The van der Waals surface area contributed by atoms with E-state index in [1.165, 1.54) is 6.54 Å². The standard InChI is InChI=1S/C5H14NO.C5H14N.H2O/c1-6(2,3)4-5-7;1-5-6(2,3)4;/h7H,4-5H2,1-3H3;5H2,1-4H3;1H2/q2*+1;. The molecule has 4 nitrogen and oxygen atoms in total. The van der Waals surface area contributed by atoms with Crippen molar-refractivity contribution in [2.24, 2.45) is 0 Å². The van der Waals surface area contributed by atoms with Gasteiger partial charge in [-0.05, 0) is 6.92 Å². The van der Waals surface area contributed by atoms with Gasteiger partial charge in [-0.2, -0.15) is 0 Å². The van der Waals surface area contributed by atoms with E-state index in [-0.39, 0.29) is 12.1 Å². The average Bonchev–Trinajstić information content (AvgIpc) is 1.84. The highest BCUT2D eigenvalue weighted by molar-refractivity contribution is 4.19. The maximum atomic E-state index is 8.39. The fourth-order valence-electron chi connectivity index (χ4n) is 0.300. The van der Waals surface area contributed by atoms with Crippen molar-refractivity contribution in [3.05, 3.63) is 0 Å². The van der Waals surface area contributed by atoms with Crippen LogP contribution in [0.2, 0.25) is 0 Å². The van der Waals surface area contributed by atoms with Crippen molar-refractivity contribution in [2.75, 3.05) is 62.0 Å². The molecule has 0 unspecified atom stereocenters. The molecule has 0 heterocycles. The first-order valence-corrected chi connectivity index (χ1v) is 4.84. The smallest absolute Gasteiger partial charge is 0.101 e. The predicted molar refractivity (Wildman–Crippen MR) is 62.2 cm³/mol. The van der Waals surface area contributed by atoms with Crippen molar-refractivity contribution in [3.8, 4) is 0 Å². The molecule has 0 aliphatic heterocycles. The van der Waals surface area contributed by atoms with E-state index in [4.69, 9.17) is 5.11 Å². The summed E-state index contributed by atoms with van der Waals surface area (Å²) in [7, 11) is 12.7. The summed E-state index contributed by atoms with van der Waals surface area (Å²) in [4.78, 5) is 0. The second-order valence-corrected chi connectivity index (χ2v) is 5.34. The van der Waals surface area contributed by atoms with E-state index < -0.39 is 0 Å². The molecule has 0 aromatic carbocycles. The molecule has 0 amide bonds. The van der Waals surface area contributed by atoms with Gasteiger partial charge in [0, 0.05) is 0 Å². The van der Waals surface area contributed by atoms with Gasteiger partial charge in [0.05, 0.1) is 55.4 Å². The lowest BCUT2D eigenvalue weighted by Crippen LogP contribution is -2.36. The molecule has 90 valence electrons. The summed E-state index contributed by atoms with van der Waals surface area (Å²) in [5.74, 6) is 0. The molecular formula is C10H30N2O2+2. The molecule has 3 N–H and O–H groups in total. The number of rotatable bonds is 3. The number of aliphatic hydroxyl groups is 1. The Kier molecular flexibility index (Phi) is 11.3. The highest BCUT2D eigenvalue weighted by Crippen LogP contribution is 1.84. The van der Waals surface area contributed by atoms with Crippen LogP contribution in [0.5, 0.6) is 0 Å². The maximum absolute atomic E-state index is 8.39. The Morgan fingerprint density at radius 1 is 0.857 bits per heavy atom. The molecule has 0 rings (SSSR count). The average molecular weight is 210 g/mol. The van der Waals surface area contributed by atoms with Gasteiger partial charge in [-0.25, -0.2) is 0 Å². The first-order valence-electron chi connectivity index (χ1n) is 4.84. The number of nitrogens with zero attached hydrogens (tertiary/aromatic N) is 2. The highest BCUT2D eigenvalue weighted by Gasteiger charge is 2.02. The third kappa shape index (κ3) is 29.7. The normalized spacial score (nSPS) is 11.1. The van der Waals surface area contributed by atoms with E-state index in [1.807, 2.05) is 0 Å². The molecule has 0 atom stereocenters. The van der Waals surface area contributed by atoms with Crippen LogP contribution in [-0.2, 0) is 0 Å². The molecule has 0 radical (unpaired) electrons. The first kappa shape index (κ1) is 19.4. The molecule has 0 fully saturated rings. The van der Waals surface area contributed by atoms with E-state index in [2.05, 4.69) is 49.2 Å². The Hall–Kier alpha value is -0.160. The highest BCUT2D eigenvalue weighted by atomic mass is 16.3. The minimum absolute atomic E-state index is 0. The van der Waals surface area contributed by atoms with E-state index in [9.17, 15) is 0 Å². The Morgan fingerprint density at radius 3 is 1.14 bits per heavy atom. The second-order valence-electron chi connectivity index (χ2n) is 5.34. The summed E-state index contributed by atoms with van der Waals surface area (Å²) >= 11 is 0. The molecular weight excluding hydrogens is 180 g/mol. The Morgan fingerprint density at radius 2 is 1.14 bits per heavy atom. The molecule has 0 saturated heterocycles. The molecule has 4 heteroatoms. The quantitative estimate of drug-likeness (QED) is 0.632. The number of hydrogen-bond donors (Lipinski definition) is 1. The SMILES string of the molecule is CC[N+](C)(C)C.C[N+](C)(C)CCO.O. The van der Waals surface area contributed by atoms with Crippen molar-refractivity contribution >= 4 is 0 Å². The van der Waals surface area contributed by atoms with Crippen LogP contribution in [0.1, 0.15) is 6.92 Å². The summed E-state index contributed by atoms with van der Waals surface area (Å²) in [5.41, 5.74) is 0. The third-order valence-electron chi connectivity index (χ3n) is 1.72. The van der Waals surface area contributed by atoms with Crippen molar-refractivity contribution < 1.29 is 19.5 Å². The van der Waals surface area contributed by atoms with Gasteiger partial charge in [0.2, 0.25) is 0 Å². The summed E-state index contributed by atoms with van der Waals surface area (Å²) in [5, 5.41) is 8.39. The van der Waals surface area contributed by atoms with Gasteiger partial charge in [-0.1, -0.05) is 0 Å². The monoisotopic (exact) mass is 210 g/mol. The van der Waals surface area contributed by atoms with Crippen molar-refractivity contribution in [1.82, 2.24) is 0 Å². The summed E-state index contributed by atoms with van der Waals surface area (Å²) in [6.07, 6.45) is 0. The summed E-state index contributed by atoms with van der Waals surface area (Å²) in [6, 6.07) is 0. The largest absolute Gasteiger partial charge is 0.412 e. The van der Waals surface area contributed by atoms with Gasteiger partial charge in [0.25, 0.3) is 0 Å². The lowest BCUT2D eigenvalue weighted by Gasteiger charge is -2.21. The fraction of sp³-hybridized carbons (Fsp3) is 1.00. The van der Waals surface area contributed by atoms with E-state index in [1.54, 1.807) is 0 Å². The Bertz CT molecular complexity index is 114. The molecule has 0 saturated carbocycles. The second kappa shape index (κ2) is 8.17. The van der Waals surface area contributed by atoms with E-state index >= 15 is 0 Å². The van der Waals surface area contributed by atoms with Crippen molar-refractivity contribution in [1.29, 1.82) is 0 Å². The van der Waals surface area contributed by atoms with Crippen LogP contribution in [0, 0.1) is 0 Å². The number of hydrogen-bond acceptors (Lipinski definition) is 1. The minimum Gasteiger partial charge on any atom is -0.412 e. The van der Waals surface area contributed by atoms with Gasteiger partial charge < -0.3 is 19.5 Å². The summed E-state index contributed by atoms with van der Waals surface area (Å²) < 4.78 is 1.91. The number of aliphatic hydroxyl groups excluding tert-OH is 1. The van der Waals surface area contributed by atoms with Crippen LogP contribution in [-0.4, -0.2) is 81.5 Å². The Labute approximate surface area is 89.2 Å². The Balaban J connectivity index is -0.000000163. The summed E-state index contributed by atoms with van der Waals surface area (Å²) in [6.45, 7) is 4.50. The number of likely N-dealkylation sites (N-methyl/N-ethyl adjacent to an activating group) is 1. The molecule has 0 spiro atoms. The first-order chi connectivity index (χ1) is 5.62. The zero-order valence-corrected chi connectivity index (χ0v) is 11.0. The third-order valence-corrected chi connectivity index (χ3v) is 1.72. The van der Waals surface area contributed by atoms with Crippen LogP contribution in [0.3, 0.4) is 0 Å². The molecule has 0 aromatic heterocycles. The molecule has 0 aliphatic carbocycles. The maximum Gasteiger partial charge on any atom is 0.101 e. The number of quaternary nitrogens is 2.